The standard InChI is InChI=1S/C16H19Cl2N3O2S2/c1-2-3-9-24-16-21-20-15(25-16)19-14(22)5-4-8-23-13-7-6-11(17)10-12(13)18/h6-7,10H,2-5,8-9H2,1H3,(H,19,20,22). The van der Waals surface area contributed by atoms with Crippen LogP contribution in [0.4, 0.5) is 5.13 Å². The average molecular weight is 420 g/mol. The second-order valence-corrected chi connectivity index (χ2v) is 8.31. The van der Waals surface area contributed by atoms with Crippen molar-refractivity contribution in [2.24, 2.45) is 0 Å². The summed E-state index contributed by atoms with van der Waals surface area (Å²) >= 11 is 14.9. The first-order chi connectivity index (χ1) is 12.1. The van der Waals surface area contributed by atoms with Crippen LogP contribution >= 0.6 is 46.3 Å². The van der Waals surface area contributed by atoms with Crippen LogP contribution in [0.25, 0.3) is 0 Å². The molecular formula is C16H19Cl2N3O2S2. The van der Waals surface area contributed by atoms with E-state index >= 15 is 0 Å². The Bertz CT molecular complexity index is 698. The minimum atomic E-state index is -0.105. The number of thioether (sulfide) groups is 1. The number of aromatic nitrogens is 2. The summed E-state index contributed by atoms with van der Waals surface area (Å²) in [5.41, 5.74) is 0. The van der Waals surface area contributed by atoms with Gasteiger partial charge in [0.05, 0.1) is 11.6 Å². The molecule has 1 amide bonds. The second kappa shape index (κ2) is 10.9. The summed E-state index contributed by atoms with van der Waals surface area (Å²) in [5.74, 6) is 1.47. The number of rotatable bonds is 10. The highest BCUT2D eigenvalue weighted by molar-refractivity contribution is 8.01. The predicted octanol–water partition coefficient (Wildman–Crippen LogP) is 5.53. The number of benzene rings is 1. The molecule has 0 saturated heterocycles. The monoisotopic (exact) mass is 419 g/mol. The zero-order chi connectivity index (χ0) is 18.1. The molecule has 25 heavy (non-hydrogen) atoms. The number of nitrogens with one attached hydrogen (secondary N) is 1. The molecule has 5 nitrogen and oxygen atoms in total. The number of hydrogen-bond acceptors (Lipinski definition) is 6. The Balaban J connectivity index is 1.67. The third kappa shape index (κ3) is 7.40. The van der Waals surface area contributed by atoms with Crippen molar-refractivity contribution < 1.29 is 9.53 Å². The van der Waals surface area contributed by atoms with Crippen molar-refractivity contribution in [3.05, 3.63) is 28.2 Å². The quantitative estimate of drug-likeness (QED) is 0.311. The lowest BCUT2D eigenvalue weighted by Gasteiger charge is -2.07. The molecule has 9 heteroatoms. The Morgan fingerprint density at radius 3 is 2.92 bits per heavy atom. The first kappa shape index (κ1) is 20.3. The number of unbranched alkanes of at least 4 members (excludes halogenated alkanes) is 1. The SMILES string of the molecule is CCCCSc1nnc(NC(=O)CCCOc2ccc(Cl)cc2Cl)s1. The zero-order valence-corrected chi connectivity index (χ0v) is 16.9. The smallest absolute Gasteiger partial charge is 0.226 e. The molecule has 0 atom stereocenters. The number of hydrogen-bond donors (Lipinski definition) is 1. The number of carbonyl (C=O) groups is 1. The van der Waals surface area contributed by atoms with Gasteiger partial charge in [-0.1, -0.05) is 59.6 Å². The molecule has 0 aliphatic carbocycles. The topological polar surface area (TPSA) is 64.1 Å². The fourth-order valence-corrected chi connectivity index (χ4v) is 4.20. The van der Waals surface area contributed by atoms with E-state index in [1.165, 1.54) is 11.3 Å². The van der Waals surface area contributed by atoms with E-state index in [0.717, 1.165) is 22.9 Å². The van der Waals surface area contributed by atoms with Crippen molar-refractivity contribution in [3.63, 3.8) is 0 Å². The van der Waals surface area contributed by atoms with E-state index in [1.54, 1.807) is 30.0 Å². The third-order valence-corrected chi connectivity index (χ3v) is 5.66. The minimum Gasteiger partial charge on any atom is -0.492 e. The Hall–Kier alpha value is -1.02. The van der Waals surface area contributed by atoms with E-state index in [2.05, 4.69) is 22.4 Å². The fraction of sp³-hybridized carbons (Fsp3) is 0.438. The van der Waals surface area contributed by atoms with Crippen molar-refractivity contribution in [3.8, 4) is 5.75 Å². The maximum atomic E-state index is 11.9. The number of anilines is 1. The number of halogens is 2. The van der Waals surface area contributed by atoms with Crippen LogP contribution in [-0.4, -0.2) is 28.5 Å². The fourth-order valence-electron chi connectivity index (χ4n) is 1.81. The summed E-state index contributed by atoms with van der Waals surface area (Å²) < 4.78 is 6.43. The Labute approximate surface area is 165 Å². The van der Waals surface area contributed by atoms with Crippen LogP contribution in [-0.2, 0) is 4.79 Å². The summed E-state index contributed by atoms with van der Waals surface area (Å²) in [5, 5.41) is 12.4. The molecule has 0 fully saturated rings. The van der Waals surface area contributed by atoms with Crippen LogP contribution < -0.4 is 10.1 Å². The molecule has 0 spiro atoms. The first-order valence-electron chi connectivity index (χ1n) is 7.92. The van der Waals surface area contributed by atoms with E-state index < -0.39 is 0 Å². The summed E-state index contributed by atoms with van der Waals surface area (Å²) in [6.45, 7) is 2.54. The molecule has 2 rings (SSSR count). The van der Waals surface area contributed by atoms with E-state index in [9.17, 15) is 4.79 Å². The van der Waals surface area contributed by atoms with Crippen LogP contribution in [0.5, 0.6) is 5.75 Å². The Morgan fingerprint density at radius 2 is 2.16 bits per heavy atom. The number of ether oxygens (including phenoxy) is 1. The molecule has 0 aliphatic rings. The summed E-state index contributed by atoms with van der Waals surface area (Å²) in [6.07, 6.45) is 3.20. The van der Waals surface area contributed by atoms with Crippen LogP contribution in [0, 0.1) is 0 Å². The van der Waals surface area contributed by atoms with Gasteiger partial charge in [0.25, 0.3) is 0 Å². The van der Waals surface area contributed by atoms with Gasteiger partial charge in [-0.3, -0.25) is 4.79 Å². The maximum Gasteiger partial charge on any atom is 0.226 e. The Kier molecular flexibility index (Phi) is 8.81. The second-order valence-electron chi connectivity index (χ2n) is 5.15. The third-order valence-electron chi connectivity index (χ3n) is 3.08. The predicted molar refractivity (Wildman–Crippen MR) is 105 cm³/mol. The van der Waals surface area contributed by atoms with Crippen molar-refractivity contribution in [2.45, 2.75) is 36.9 Å². The average Bonchev–Trinajstić information content (AvgIpc) is 3.01. The van der Waals surface area contributed by atoms with Crippen molar-refractivity contribution in [1.29, 1.82) is 0 Å². The van der Waals surface area contributed by atoms with Crippen LogP contribution in [0.3, 0.4) is 0 Å². The lowest BCUT2D eigenvalue weighted by molar-refractivity contribution is -0.116. The molecule has 0 bridgehead atoms. The summed E-state index contributed by atoms with van der Waals surface area (Å²) in [6, 6.07) is 5.04. The van der Waals surface area contributed by atoms with Gasteiger partial charge in [-0.2, -0.15) is 0 Å². The lowest BCUT2D eigenvalue weighted by atomic mass is 10.3. The van der Waals surface area contributed by atoms with Gasteiger partial charge in [-0.25, -0.2) is 0 Å². The summed E-state index contributed by atoms with van der Waals surface area (Å²) in [7, 11) is 0. The molecule has 1 N–H and O–H groups in total. The molecule has 2 aromatic rings. The first-order valence-corrected chi connectivity index (χ1v) is 10.5. The van der Waals surface area contributed by atoms with Crippen molar-refractivity contribution in [2.75, 3.05) is 17.7 Å². The maximum absolute atomic E-state index is 11.9. The molecule has 0 saturated carbocycles. The molecule has 1 aromatic carbocycles. The minimum absolute atomic E-state index is 0.105. The van der Waals surface area contributed by atoms with E-state index in [-0.39, 0.29) is 5.91 Å². The van der Waals surface area contributed by atoms with Crippen molar-refractivity contribution >= 4 is 57.3 Å². The van der Waals surface area contributed by atoms with Gasteiger partial charge in [0.15, 0.2) is 4.34 Å². The Morgan fingerprint density at radius 1 is 1.32 bits per heavy atom. The van der Waals surface area contributed by atoms with E-state index in [1.807, 2.05) is 0 Å². The molecular weight excluding hydrogens is 401 g/mol. The highest BCUT2D eigenvalue weighted by Gasteiger charge is 2.09. The van der Waals surface area contributed by atoms with Gasteiger partial charge in [0.1, 0.15) is 5.75 Å². The van der Waals surface area contributed by atoms with Crippen LogP contribution in [0.2, 0.25) is 10.0 Å². The number of carbonyl (C=O) groups excluding carboxylic acids is 1. The van der Waals surface area contributed by atoms with Gasteiger partial charge in [0.2, 0.25) is 11.0 Å². The molecule has 0 radical (unpaired) electrons. The molecule has 0 unspecified atom stereocenters. The van der Waals surface area contributed by atoms with E-state index in [0.29, 0.717) is 40.4 Å². The van der Waals surface area contributed by atoms with Crippen LogP contribution in [0.1, 0.15) is 32.6 Å². The van der Waals surface area contributed by atoms with Gasteiger partial charge in [0, 0.05) is 17.2 Å². The van der Waals surface area contributed by atoms with Gasteiger partial charge in [-0.05, 0) is 31.0 Å². The molecule has 136 valence electrons. The number of amides is 1. The number of nitrogens with zero attached hydrogens (tertiary/aromatic N) is 2. The largest absolute Gasteiger partial charge is 0.492 e. The summed E-state index contributed by atoms with van der Waals surface area (Å²) in [4.78, 5) is 11.9. The van der Waals surface area contributed by atoms with Gasteiger partial charge >= 0.3 is 0 Å². The molecule has 1 aromatic heterocycles. The highest BCUT2D eigenvalue weighted by Crippen LogP contribution is 2.28. The van der Waals surface area contributed by atoms with Crippen molar-refractivity contribution in [1.82, 2.24) is 10.2 Å². The van der Waals surface area contributed by atoms with E-state index in [4.69, 9.17) is 27.9 Å². The normalized spacial score (nSPS) is 10.7. The highest BCUT2D eigenvalue weighted by atomic mass is 35.5. The molecule has 1 heterocycles. The van der Waals surface area contributed by atoms with Crippen LogP contribution in [0.15, 0.2) is 22.5 Å². The van der Waals surface area contributed by atoms with Gasteiger partial charge in [-0.15, -0.1) is 10.2 Å². The lowest BCUT2D eigenvalue weighted by Crippen LogP contribution is -2.12. The molecule has 0 aliphatic heterocycles. The zero-order valence-electron chi connectivity index (χ0n) is 13.8. The van der Waals surface area contributed by atoms with Gasteiger partial charge < -0.3 is 10.1 Å².